The number of nitrogens with zero attached hydrogens (tertiary/aromatic N) is 1. The topological polar surface area (TPSA) is 58.6 Å². The number of carbonyl (C=O) groups excluding carboxylic acids is 2. The normalized spacial score (nSPS) is 12.4. The summed E-state index contributed by atoms with van der Waals surface area (Å²) in [6.07, 6.45) is 0. The highest BCUT2D eigenvalue weighted by molar-refractivity contribution is 9.10. The van der Waals surface area contributed by atoms with Crippen molar-refractivity contribution in [2.24, 2.45) is 0 Å². The summed E-state index contributed by atoms with van der Waals surface area (Å²) in [5.41, 5.74) is 1.86. The summed E-state index contributed by atoms with van der Waals surface area (Å²) in [7, 11) is 0. The zero-order valence-electron chi connectivity index (χ0n) is 19.2. The lowest BCUT2D eigenvalue weighted by molar-refractivity contribution is -0.142. The summed E-state index contributed by atoms with van der Waals surface area (Å²) >= 11 is 3.47. The standard InChI is InChI=1S/C25H33BrN2O3/c1-17(2)27-24(30)18(3)28(15-19-10-9-11-20(26)14-19)23(29)16-31-22-13-8-7-12-21(22)25(4,5)6/h7-14,17-18H,15-16H2,1-6H3,(H,27,30). The molecule has 2 aromatic rings. The van der Waals surface area contributed by atoms with Crippen LogP contribution in [-0.4, -0.2) is 35.4 Å². The summed E-state index contributed by atoms with van der Waals surface area (Å²) in [5, 5.41) is 2.89. The molecular formula is C25H33BrN2O3. The van der Waals surface area contributed by atoms with Gasteiger partial charge in [0.15, 0.2) is 6.61 Å². The highest BCUT2D eigenvalue weighted by Gasteiger charge is 2.27. The van der Waals surface area contributed by atoms with Crippen LogP contribution in [0.5, 0.6) is 5.75 Å². The third kappa shape index (κ3) is 7.39. The number of benzene rings is 2. The molecule has 0 spiro atoms. The number of halogens is 1. The number of hydrogen-bond donors (Lipinski definition) is 1. The van der Waals surface area contributed by atoms with E-state index in [1.807, 2.05) is 62.4 Å². The van der Waals surface area contributed by atoms with Crippen LogP contribution in [0.1, 0.15) is 52.7 Å². The summed E-state index contributed by atoms with van der Waals surface area (Å²) in [4.78, 5) is 27.4. The maximum Gasteiger partial charge on any atom is 0.261 e. The summed E-state index contributed by atoms with van der Waals surface area (Å²) in [6.45, 7) is 12.0. The molecule has 6 heteroatoms. The highest BCUT2D eigenvalue weighted by atomic mass is 79.9. The van der Waals surface area contributed by atoms with E-state index in [4.69, 9.17) is 4.74 Å². The average Bonchev–Trinajstić information content (AvgIpc) is 2.68. The molecule has 0 aromatic heterocycles. The van der Waals surface area contributed by atoms with E-state index in [0.29, 0.717) is 12.3 Å². The molecule has 1 unspecified atom stereocenters. The Bertz CT molecular complexity index is 906. The minimum atomic E-state index is -0.629. The molecule has 0 fully saturated rings. The zero-order valence-corrected chi connectivity index (χ0v) is 20.8. The Hall–Kier alpha value is -2.34. The van der Waals surface area contributed by atoms with Crippen molar-refractivity contribution in [3.8, 4) is 5.75 Å². The summed E-state index contributed by atoms with van der Waals surface area (Å²) in [5.74, 6) is 0.258. The first-order valence-corrected chi connectivity index (χ1v) is 11.3. The Morgan fingerprint density at radius 3 is 2.35 bits per heavy atom. The summed E-state index contributed by atoms with van der Waals surface area (Å²) in [6, 6.07) is 14.8. The van der Waals surface area contributed by atoms with Gasteiger partial charge in [0.2, 0.25) is 5.91 Å². The van der Waals surface area contributed by atoms with E-state index in [2.05, 4.69) is 42.0 Å². The number of nitrogens with one attached hydrogen (secondary N) is 1. The smallest absolute Gasteiger partial charge is 0.261 e. The lowest BCUT2D eigenvalue weighted by Crippen LogP contribution is -2.50. The van der Waals surface area contributed by atoms with Gasteiger partial charge in [-0.25, -0.2) is 0 Å². The zero-order chi connectivity index (χ0) is 23.2. The maximum absolute atomic E-state index is 13.2. The molecule has 0 saturated heterocycles. The van der Waals surface area contributed by atoms with Crippen LogP contribution in [0.3, 0.4) is 0 Å². The lowest BCUT2D eigenvalue weighted by Gasteiger charge is -2.30. The molecule has 1 atom stereocenters. The monoisotopic (exact) mass is 488 g/mol. The molecule has 0 aliphatic rings. The van der Waals surface area contributed by atoms with Crippen LogP contribution in [0.15, 0.2) is 53.0 Å². The molecule has 2 amide bonds. The minimum Gasteiger partial charge on any atom is -0.483 e. The molecule has 2 aromatic carbocycles. The molecule has 0 heterocycles. The number of amides is 2. The molecule has 0 aliphatic heterocycles. The van der Waals surface area contributed by atoms with Crippen molar-refractivity contribution in [1.29, 1.82) is 0 Å². The highest BCUT2D eigenvalue weighted by Crippen LogP contribution is 2.31. The van der Waals surface area contributed by atoms with Gasteiger partial charge in [-0.2, -0.15) is 0 Å². The fourth-order valence-electron chi connectivity index (χ4n) is 3.25. The van der Waals surface area contributed by atoms with E-state index >= 15 is 0 Å². The number of carbonyl (C=O) groups is 2. The van der Waals surface area contributed by atoms with Gasteiger partial charge in [-0.3, -0.25) is 9.59 Å². The van der Waals surface area contributed by atoms with Crippen LogP contribution in [0.2, 0.25) is 0 Å². The van der Waals surface area contributed by atoms with Crippen LogP contribution in [0.4, 0.5) is 0 Å². The van der Waals surface area contributed by atoms with Crippen molar-refractivity contribution in [2.75, 3.05) is 6.61 Å². The van der Waals surface area contributed by atoms with E-state index in [1.165, 1.54) is 0 Å². The van der Waals surface area contributed by atoms with Gasteiger partial charge in [0.05, 0.1) is 0 Å². The van der Waals surface area contributed by atoms with Gasteiger partial charge in [-0.1, -0.05) is 67.0 Å². The van der Waals surface area contributed by atoms with Crippen molar-refractivity contribution in [3.63, 3.8) is 0 Å². The number of ether oxygens (including phenoxy) is 1. The van der Waals surface area contributed by atoms with Crippen LogP contribution in [-0.2, 0) is 21.5 Å². The Kier molecular flexibility index (Phi) is 8.69. The van der Waals surface area contributed by atoms with Crippen molar-refractivity contribution >= 4 is 27.7 Å². The first-order valence-electron chi connectivity index (χ1n) is 10.6. The quantitative estimate of drug-likeness (QED) is 0.564. The van der Waals surface area contributed by atoms with Crippen LogP contribution >= 0.6 is 15.9 Å². The van der Waals surface area contributed by atoms with E-state index in [1.54, 1.807) is 11.8 Å². The predicted molar refractivity (Wildman–Crippen MR) is 128 cm³/mol. The fourth-order valence-corrected chi connectivity index (χ4v) is 3.70. The largest absolute Gasteiger partial charge is 0.483 e. The van der Waals surface area contributed by atoms with Gasteiger partial charge in [-0.15, -0.1) is 0 Å². The van der Waals surface area contributed by atoms with E-state index in [9.17, 15) is 9.59 Å². The molecule has 0 radical (unpaired) electrons. The van der Waals surface area contributed by atoms with Crippen LogP contribution in [0.25, 0.3) is 0 Å². The third-order valence-electron chi connectivity index (χ3n) is 4.89. The van der Waals surface area contributed by atoms with Crippen LogP contribution < -0.4 is 10.1 Å². The molecule has 0 aliphatic carbocycles. The Balaban J connectivity index is 2.23. The van der Waals surface area contributed by atoms with Gasteiger partial charge in [0, 0.05) is 17.1 Å². The predicted octanol–water partition coefficient (Wildman–Crippen LogP) is 5.07. The van der Waals surface area contributed by atoms with Crippen molar-refractivity contribution < 1.29 is 14.3 Å². The van der Waals surface area contributed by atoms with Crippen LogP contribution in [0, 0.1) is 0 Å². The average molecular weight is 489 g/mol. The molecule has 31 heavy (non-hydrogen) atoms. The lowest BCUT2D eigenvalue weighted by atomic mass is 9.86. The molecule has 0 bridgehead atoms. The van der Waals surface area contributed by atoms with Gasteiger partial charge in [0.1, 0.15) is 11.8 Å². The SMILES string of the molecule is CC(C)NC(=O)C(C)N(Cc1cccc(Br)c1)C(=O)COc1ccccc1C(C)(C)C. The molecule has 1 N–H and O–H groups in total. The van der Waals surface area contributed by atoms with Crippen molar-refractivity contribution in [3.05, 3.63) is 64.1 Å². The number of hydrogen-bond acceptors (Lipinski definition) is 3. The van der Waals surface area contributed by atoms with Gasteiger partial charge in [0.25, 0.3) is 5.91 Å². The second-order valence-electron chi connectivity index (χ2n) is 9.03. The van der Waals surface area contributed by atoms with Gasteiger partial charge >= 0.3 is 0 Å². The Labute approximate surface area is 194 Å². The molecule has 2 rings (SSSR count). The number of rotatable bonds is 8. The van der Waals surface area contributed by atoms with E-state index in [0.717, 1.165) is 15.6 Å². The first-order chi connectivity index (χ1) is 14.5. The van der Waals surface area contributed by atoms with Crippen molar-refractivity contribution in [1.82, 2.24) is 10.2 Å². The second-order valence-corrected chi connectivity index (χ2v) is 9.94. The molecule has 5 nitrogen and oxygen atoms in total. The Morgan fingerprint density at radius 1 is 1.06 bits per heavy atom. The molecule has 168 valence electrons. The third-order valence-corrected chi connectivity index (χ3v) is 5.38. The first kappa shape index (κ1) is 24.9. The Morgan fingerprint density at radius 2 is 1.74 bits per heavy atom. The molecular weight excluding hydrogens is 456 g/mol. The van der Waals surface area contributed by atoms with E-state index in [-0.39, 0.29) is 29.9 Å². The van der Waals surface area contributed by atoms with Gasteiger partial charge < -0.3 is 15.0 Å². The molecule has 0 saturated carbocycles. The number of para-hydroxylation sites is 1. The van der Waals surface area contributed by atoms with Gasteiger partial charge in [-0.05, 0) is 55.5 Å². The van der Waals surface area contributed by atoms with Crippen molar-refractivity contribution in [2.45, 2.75) is 65.6 Å². The maximum atomic E-state index is 13.2. The van der Waals surface area contributed by atoms with E-state index < -0.39 is 6.04 Å². The minimum absolute atomic E-state index is 0.00677. The second kappa shape index (κ2) is 10.8. The fraction of sp³-hybridized carbons (Fsp3) is 0.440. The summed E-state index contributed by atoms with van der Waals surface area (Å²) < 4.78 is 6.87.